The fourth-order valence-corrected chi connectivity index (χ4v) is 3.39. The normalized spacial score (nSPS) is 20.5. The molecule has 1 fully saturated rings. The number of methoxy groups -OCH3 is 2. The van der Waals surface area contributed by atoms with Gasteiger partial charge >= 0.3 is 5.97 Å². The minimum Gasteiger partial charge on any atom is -0.496 e. The molecule has 0 unspecified atom stereocenters. The number of hydrogen-bond acceptors (Lipinski definition) is 6. The molecule has 0 heterocycles. The molecule has 0 aliphatic heterocycles. The highest BCUT2D eigenvalue weighted by Crippen LogP contribution is 2.28. The molecule has 0 radical (unpaired) electrons. The lowest BCUT2D eigenvalue weighted by Gasteiger charge is -2.20. The lowest BCUT2D eigenvalue weighted by atomic mass is 10.0. The largest absolute Gasteiger partial charge is 0.496 e. The number of amides is 1. The van der Waals surface area contributed by atoms with E-state index in [-0.39, 0.29) is 28.2 Å². The fraction of sp³-hybridized carbons (Fsp3) is 0.467. The summed E-state index contributed by atoms with van der Waals surface area (Å²) in [6, 6.07) is 3.41. The number of carbonyl (C=O) groups excluding carboxylic acids is 2. The van der Waals surface area contributed by atoms with Gasteiger partial charge in [-0.2, -0.15) is 0 Å². The zero-order valence-electron chi connectivity index (χ0n) is 13.4. The first kappa shape index (κ1) is 18.2. The molecule has 0 bridgehead atoms. The Hall–Kier alpha value is -2.13. The average Bonchev–Trinajstić information content (AvgIpc) is 3.00. The van der Waals surface area contributed by atoms with Crippen molar-refractivity contribution in [2.24, 2.45) is 11.1 Å². The van der Waals surface area contributed by atoms with Gasteiger partial charge in [0.05, 0.1) is 30.6 Å². The second kappa shape index (κ2) is 7.18. The molecule has 132 valence electrons. The predicted molar refractivity (Wildman–Crippen MR) is 85.0 cm³/mol. The Bertz CT molecular complexity index is 746. The zero-order valence-corrected chi connectivity index (χ0v) is 14.3. The van der Waals surface area contributed by atoms with Crippen LogP contribution in [0.1, 0.15) is 29.6 Å². The number of sulfonamides is 1. The molecule has 1 saturated carbocycles. The van der Waals surface area contributed by atoms with E-state index >= 15 is 0 Å². The van der Waals surface area contributed by atoms with Gasteiger partial charge in [-0.15, -0.1) is 0 Å². The Morgan fingerprint density at radius 2 is 1.96 bits per heavy atom. The summed E-state index contributed by atoms with van der Waals surface area (Å²) >= 11 is 0. The molecule has 2 atom stereocenters. The highest BCUT2D eigenvalue weighted by atomic mass is 32.2. The van der Waals surface area contributed by atoms with Crippen LogP contribution in [0, 0.1) is 5.92 Å². The molecule has 1 aromatic carbocycles. The first-order valence-electron chi connectivity index (χ1n) is 7.37. The van der Waals surface area contributed by atoms with Gasteiger partial charge in [0.15, 0.2) is 0 Å². The predicted octanol–water partition coefficient (Wildman–Crippen LogP) is 0.414. The number of rotatable bonds is 5. The van der Waals surface area contributed by atoms with Crippen LogP contribution >= 0.6 is 0 Å². The Balaban J connectivity index is 2.27. The van der Waals surface area contributed by atoms with E-state index in [9.17, 15) is 18.0 Å². The van der Waals surface area contributed by atoms with Crippen molar-refractivity contribution in [2.45, 2.75) is 30.2 Å². The van der Waals surface area contributed by atoms with Gasteiger partial charge in [-0.05, 0) is 31.0 Å². The van der Waals surface area contributed by atoms with Gasteiger partial charge in [0.2, 0.25) is 10.0 Å². The van der Waals surface area contributed by atoms with Gasteiger partial charge in [-0.3, -0.25) is 9.59 Å². The van der Waals surface area contributed by atoms with E-state index in [1.165, 1.54) is 26.4 Å². The maximum atomic E-state index is 12.5. The summed E-state index contributed by atoms with van der Waals surface area (Å²) < 4.78 is 32.8. The number of nitrogens with two attached hydrogens (primary N) is 1. The highest BCUT2D eigenvalue weighted by molar-refractivity contribution is 7.89. The van der Waals surface area contributed by atoms with Crippen LogP contribution < -0.4 is 15.2 Å². The van der Waals surface area contributed by atoms with Crippen LogP contribution in [0.4, 0.5) is 0 Å². The van der Waals surface area contributed by atoms with Gasteiger partial charge in [-0.25, -0.2) is 13.6 Å². The van der Waals surface area contributed by atoms with Crippen LogP contribution in [-0.4, -0.2) is 40.6 Å². The van der Waals surface area contributed by atoms with E-state index in [0.717, 1.165) is 12.5 Å². The summed E-state index contributed by atoms with van der Waals surface area (Å²) in [5.41, 5.74) is 0.0412. The third-order valence-electron chi connectivity index (χ3n) is 4.08. The standard InChI is InChI=1S/C15H20N2O6S/c1-22-13-7-6-9(24(16,20)21)8-11(13)14(18)17-12-5-3-4-10(12)15(19)23-2/h6-8,10,12H,3-5H2,1-2H3,(H,17,18)(H2,16,20,21)/t10-,12+/m0/s1. The van der Waals surface area contributed by atoms with Crippen LogP contribution in [0.15, 0.2) is 23.1 Å². The molecule has 9 heteroatoms. The molecule has 3 N–H and O–H groups in total. The number of primary sulfonamides is 1. The topological polar surface area (TPSA) is 125 Å². The van der Waals surface area contributed by atoms with Crippen molar-refractivity contribution in [1.29, 1.82) is 0 Å². The van der Waals surface area contributed by atoms with Gasteiger partial charge in [0, 0.05) is 6.04 Å². The smallest absolute Gasteiger partial charge is 0.310 e. The van der Waals surface area contributed by atoms with Crippen molar-refractivity contribution in [2.75, 3.05) is 14.2 Å². The number of carbonyl (C=O) groups is 2. The minimum absolute atomic E-state index is 0.0412. The van der Waals surface area contributed by atoms with Crippen molar-refractivity contribution in [3.05, 3.63) is 23.8 Å². The molecule has 0 spiro atoms. The summed E-state index contributed by atoms with van der Waals surface area (Å²) in [5, 5.41) is 7.86. The maximum absolute atomic E-state index is 12.5. The number of esters is 1. The second-order valence-electron chi connectivity index (χ2n) is 5.55. The van der Waals surface area contributed by atoms with Crippen molar-refractivity contribution in [3.8, 4) is 5.75 Å². The Labute approximate surface area is 140 Å². The molecule has 2 rings (SSSR count). The first-order chi connectivity index (χ1) is 11.3. The van der Waals surface area contributed by atoms with E-state index in [0.29, 0.717) is 12.8 Å². The van der Waals surface area contributed by atoms with Crippen LogP contribution in [0.2, 0.25) is 0 Å². The fourth-order valence-electron chi connectivity index (χ4n) is 2.85. The van der Waals surface area contributed by atoms with E-state index < -0.39 is 21.8 Å². The summed E-state index contributed by atoms with van der Waals surface area (Å²) in [5.74, 6) is -1.10. The molecular formula is C15H20N2O6S. The zero-order chi connectivity index (χ0) is 17.9. The summed E-state index contributed by atoms with van der Waals surface area (Å²) in [6.07, 6.45) is 2.06. The molecule has 1 amide bonds. The average molecular weight is 356 g/mol. The van der Waals surface area contributed by atoms with Gasteiger partial charge in [0.25, 0.3) is 5.91 Å². The monoisotopic (exact) mass is 356 g/mol. The maximum Gasteiger partial charge on any atom is 0.310 e. The first-order valence-corrected chi connectivity index (χ1v) is 8.92. The SMILES string of the molecule is COC(=O)[C@H]1CCC[C@H]1NC(=O)c1cc(S(N)(=O)=O)ccc1OC. The lowest BCUT2D eigenvalue weighted by Crippen LogP contribution is -2.40. The van der Waals surface area contributed by atoms with Crippen LogP contribution in [0.25, 0.3) is 0 Å². The minimum atomic E-state index is -3.95. The Kier molecular flexibility index (Phi) is 5.45. The lowest BCUT2D eigenvalue weighted by molar-refractivity contribution is -0.145. The molecule has 0 aromatic heterocycles. The summed E-state index contributed by atoms with van der Waals surface area (Å²) in [4.78, 5) is 24.1. The number of hydrogen-bond donors (Lipinski definition) is 2. The Morgan fingerprint density at radius 1 is 1.25 bits per heavy atom. The van der Waals surface area contributed by atoms with E-state index in [1.807, 2.05) is 0 Å². The number of nitrogens with one attached hydrogen (secondary N) is 1. The van der Waals surface area contributed by atoms with Crippen molar-refractivity contribution in [1.82, 2.24) is 5.32 Å². The highest BCUT2D eigenvalue weighted by Gasteiger charge is 2.35. The van der Waals surface area contributed by atoms with Crippen molar-refractivity contribution < 1.29 is 27.5 Å². The molecule has 1 aliphatic carbocycles. The third kappa shape index (κ3) is 3.85. The molecule has 0 saturated heterocycles. The second-order valence-corrected chi connectivity index (χ2v) is 7.11. The van der Waals surface area contributed by atoms with Crippen molar-refractivity contribution in [3.63, 3.8) is 0 Å². The molecule has 8 nitrogen and oxygen atoms in total. The Morgan fingerprint density at radius 3 is 2.54 bits per heavy atom. The third-order valence-corrected chi connectivity index (χ3v) is 4.99. The van der Waals surface area contributed by atoms with Gasteiger partial charge < -0.3 is 14.8 Å². The quantitative estimate of drug-likeness (QED) is 0.736. The molecule has 1 aromatic rings. The number of ether oxygens (including phenoxy) is 2. The summed E-state index contributed by atoms with van der Waals surface area (Å²) in [7, 11) is -1.27. The molecular weight excluding hydrogens is 336 g/mol. The van der Waals surface area contributed by atoms with Gasteiger partial charge in [0.1, 0.15) is 5.75 Å². The van der Waals surface area contributed by atoms with Crippen LogP contribution in [-0.2, 0) is 19.6 Å². The van der Waals surface area contributed by atoms with E-state index in [2.05, 4.69) is 5.32 Å². The van der Waals surface area contributed by atoms with E-state index in [4.69, 9.17) is 14.6 Å². The number of benzene rings is 1. The summed E-state index contributed by atoms with van der Waals surface area (Å²) in [6.45, 7) is 0. The molecule has 24 heavy (non-hydrogen) atoms. The van der Waals surface area contributed by atoms with Crippen LogP contribution in [0.3, 0.4) is 0 Å². The van der Waals surface area contributed by atoms with Crippen molar-refractivity contribution >= 4 is 21.9 Å². The van der Waals surface area contributed by atoms with E-state index in [1.54, 1.807) is 0 Å². The molecule has 1 aliphatic rings. The van der Waals surface area contributed by atoms with Gasteiger partial charge in [-0.1, -0.05) is 6.42 Å². The van der Waals surface area contributed by atoms with Crippen LogP contribution in [0.5, 0.6) is 5.75 Å².